The van der Waals surface area contributed by atoms with Gasteiger partial charge in [0.2, 0.25) is 0 Å². The highest BCUT2D eigenvalue weighted by atomic mass is 16.5. The first-order valence-corrected chi connectivity index (χ1v) is 11.0. The molecule has 0 saturated heterocycles. The summed E-state index contributed by atoms with van der Waals surface area (Å²) in [5, 5.41) is 0. The van der Waals surface area contributed by atoms with Gasteiger partial charge in [0.15, 0.2) is 0 Å². The van der Waals surface area contributed by atoms with E-state index < -0.39 is 0 Å². The Bertz CT molecular complexity index is 469. The van der Waals surface area contributed by atoms with E-state index in [1.807, 2.05) is 7.11 Å². The van der Waals surface area contributed by atoms with Crippen molar-refractivity contribution in [2.45, 2.75) is 110 Å². The molecule has 0 atom stereocenters. The zero-order chi connectivity index (χ0) is 19.9. The van der Waals surface area contributed by atoms with Gasteiger partial charge in [0.25, 0.3) is 0 Å². The number of esters is 1. The molecule has 156 valence electrons. The third-order valence-corrected chi connectivity index (χ3v) is 7.24. The summed E-state index contributed by atoms with van der Waals surface area (Å²) in [7, 11) is 1.84. The largest absolute Gasteiger partial charge is 0.462 e. The monoisotopic (exact) mass is 380 g/mol. The summed E-state index contributed by atoms with van der Waals surface area (Å²) in [5.41, 5.74) is 0.361. The first-order chi connectivity index (χ1) is 12.8. The quantitative estimate of drug-likeness (QED) is 0.393. The van der Waals surface area contributed by atoms with Gasteiger partial charge in [-0.05, 0) is 88.4 Å². The van der Waals surface area contributed by atoms with Crippen LogP contribution in [0.1, 0.15) is 97.8 Å². The van der Waals surface area contributed by atoms with Gasteiger partial charge in [-0.1, -0.05) is 13.8 Å². The van der Waals surface area contributed by atoms with Gasteiger partial charge in [-0.3, -0.25) is 4.79 Å². The normalized spacial score (nSPS) is 29.3. The Labute approximate surface area is 165 Å². The molecule has 2 saturated carbocycles. The molecule has 0 N–H and O–H groups in total. The molecule has 0 radical (unpaired) electrons. The molecule has 0 amide bonds. The van der Waals surface area contributed by atoms with Gasteiger partial charge in [-0.25, -0.2) is 0 Å². The summed E-state index contributed by atoms with van der Waals surface area (Å²) in [6.45, 7) is 6.51. The highest BCUT2D eigenvalue weighted by Gasteiger charge is 2.40. The van der Waals surface area contributed by atoms with Crippen LogP contribution in [0, 0.1) is 17.3 Å². The highest BCUT2D eigenvalue weighted by molar-refractivity contribution is 5.75. The van der Waals surface area contributed by atoms with E-state index in [-0.39, 0.29) is 17.9 Å². The number of ether oxygens (including phenoxy) is 2. The van der Waals surface area contributed by atoms with Crippen LogP contribution < -0.4 is 0 Å². The third-order valence-electron chi connectivity index (χ3n) is 7.24. The summed E-state index contributed by atoms with van der Waals surface area (Å²) in [6.07, 6.45) is 12.4. The number of hydrogen-bond donors (Lipinski definition) is 0. The predicted octanol–water partition coefficient (Wildman–Crippen LogP) is 5.47. The molecule has 0 aromatic heterocycles. The maximum atomic E-state index is 12.0. The molecule has 0 spiro atoms. The molecule has 0 aromatic carbocycles. The Balaban J connectivity index is 1.69. The van der Waals surface area contributed by atoms with Crippen molar-refractivity contribution in [3.63, 3.8) is 0 Å². The molecular weight excluding hydrogens is 340 g/mol. The smallest absolute Gasteiger partial charge is 0.306 e. The molecule has 0 unspecified atom stereocenters. The fraction of sp³-hybridized carbons (Fsp3) is 0.913. The Morgan fingerprint density at radius 3 is 1.78 bits per heavy atom. The summed E-state index contributed by atoms with van der Waals surface area (Å²) in [6, 6.07) is 0. The summed E-state index contributed by atoms with van der Waals surface area (Å²) in [5.74, 6) is 1.63. The molecule has 4 heteroatoms. The standard InChI is InChI=1S/C23H40O4/c1-17(24)7-5-6-8-22(25)27-21-15-11-19(12-16-21)23(2,3)18-9-13-20(26-4)14-10-18/h18-21H,5-16H2,1-4H3. The fourth-order valence-corrected chi connectivity index (χ4v) is 5.19. The molecule has 0 heterocycles. The van der Waals surface area contributed by atoms with Crippen LogP contribution >= 0.6 is 0 Å². The predicted molar refractivity (Wildman–Crippen MR) is 108 cm³/mol. The van der Waals surface area contributed by atoms with Crippen molar-refractivity contribution in [3.8, 4) is 0 Å². The molecule has 27 heavy (non-hydrogen) atoms. The van der Waals surface area contributed by atoms with E-state index in [1.54, 1.807) is 6.92 Å². The van der Waals surface area contributed by atoms with E-state index in [9.17, 15) is 9.59 Å². The Morgan fingerprint density at radius 1 is 0.815 bits per heavy atom. The van der Waals surface area contributed by atoms with Gasteiger partial charge < -0.3 is 14.3 Å². The van der Waals surface area contributed by atoms with Gasteiger partial charge in [-0.2, -0.15) is 0 Å². The minimum atomic E-state index is -0.0841. The summed E-state index contributed by atoms with van der Waals surface area (Å²) < 4.78 is 11.2. The van der Waals surface area contributed by atoms with Crippen LogP contribution in [0.5, 0.6) is 0 Å². The maximum Gasteiger partial charge on any atom is 0.306 e. The lowest BCUT2D eigenvalue weighted by Crippen LogP contribution is -2.39. The van der Waals surface area contributed by atoms with Crippen LogP contribution in [0.15, 0.2) is 0 Å². The van der Waals surface area contributed by atoms with Crippen molar-refractivity contribution in [1.29, 1.82) is 0 Å². The van der Waals surface area contributed by atoms with Gasteiger partial charge in [0, 0.05) is 20.0 Å². The van der Waals surface area contributed by atoms with E-state index in [1.165, 1.54) is 38.5 Å². The van der Waals surface area contributed by atoms with E-state index >= 15 is 0 Å². The van der Waals surface area contributed by atoms with Crippen molar-refractivity contribution >= 4 is 11.8 Å². The Kier molecular flexibility index (Phi) is 8.78. The van der Waals surface area contributed by atoms with Crippen molar-refractivity contribution in [1.82, 2.24) is 0 Å². The average Bonchev–Trinajstić information content (AvgIpc) is 2.65. The number of methoxy groups -OCH3 is 1. The van der Waals surface area contributed by atoms with Gasteiger partial charge in [-0.15, -0.1) is 0 Å². The van der Waals surface area contributed by atoms with E-state index in [4.69, 9.17) is 9.47 Å². The number of unbranched alkanes of at least 4 members (excludes halogenated alkanes) is 1. The topological polar surface area (TPSA) is 52.6 Å². The van der Waals surface area contributed by atoms with E-state index in [0.717, 1.165) is 37.5 Å². The van der Waals surface area contributed by atoms with Crippen LogP contribution in [-0.2, 0) is 19.1 Å². The summed E-state index contributed by atoms with van der Waals surface area (Å²) >= 11 is 0. The molecule has 2 fully saturated rings. The fourth-order valence-electron chi connectivity index (χ4n) is 5.19. The summed E-state index contributed by atoms with van der Waals surface area (Å²) in [4.78, 5) is 23.0. The number of rotatable bonds is 9. The molecule has 0 bridgehead atoms. The Hall–Kier alpha value is -0.900. The first kappa shape index (κ1) is 22.4. The average molecular weight is 381 g/mol. The molecule has 2 rings (SSSR count). The lowest BCUT2D eigenvalue weighted by Gasteiger charge is -2.46. The van der Waals surface area contributed by atoms with Gasteiger partial charge in [0.05, 0.1) is 6.10 Å². The lowest BCUT2D eigenvalue weighted by molar-refractivity contribution is -0.152. The highest BCUT2D eigenvalue weighted by Crippen LogP contribution is 2.48. The third kappa shape index (κ3) is 6.89. The maximum absolute atomic E-state index is 12.0. The van der Waals surface area contributed by atoms with Crippen LogP contribution in [0.3, 0.4) is 0 Å². The van der Waals surface area contributed by atoms with Crippen LogP contribution in [0.25, 0.3) is 0 Å². The number of ketones is 1. The Morgan fingerprint density at radius 2 is 1.30 bits per heavy atom. The second-order valence-corrected chi connectivity index (χ2v) is 9.40. The number of Topliss-reactive ketones (excluding diaryl/α,β-unsaturated/α-hetero) is 1. The minimum absolute atomic E-state index is 0.0841. The number of hydrogen-bond acceptors (Lipinski definition) is 4. The number of carbonyl (C=O) groups is 2. The van der Waals surface area contributed by atoms with Crippen molar-refractivity contribution < 1.29 is 19.1 Å². The van der Waals surface area contributed by atoms with E-state index in [0.29, 0.717) is 24.4 Å². The second-order valence-electron chi connectivity index (χ2n) is 9.40. The molecule has 0 aromatic rings. The molecular formula is C23H40O4. The SMILES string of the molecule is COC1CCC(C(C)(C)C2CCC(OC(=O)CCCCC(C)=O)CC2)CC1. The minimum Gasteiger partial charge on any atom is -0.462 e. The molecule has 0 aliphatic heterocycles. The van der Waals surface area contributed by atoms with Crippen molar-refractivity contribution in [2.24, 2.45) is 17.3 Å². The van der Waals surface area contributed by atoms with Gasteiger partial charge >= 0.3 is 5.97 Å². The van der Waals surface area contributed by atoms with E-state index in [2.05, 4.69) is 13.8 Å². The van der Waals surface area contributed by atoms with Crippen LogP contribution in [-0.4, -0.2) is 31.1 Å². The lowest BCUT2D eigenvalue weighted by atomic mass is 9.60. The number of carbonyl (C=O) groups excluding carboxylic acids is 2. The zero-order valence-corrected chi connectivity index (χ0v) is 17.9. The van der Waals surface area contributed by atoms with Crippen LogP contribution in [0.4, 0.5) is 0 Å². The van der Waals surface area contributed by atoms with Crippen molar-refractivity contribution in [3.05, 3.63) is 0 Å². The van der Waals surface area contributed by atoms with Gasteiger partial charge in [0.1, 0.15) is 11.9 Å². The molecule has 2 aliphatic rings. The molecule has 4 nitrogen and oxygen atoms in total. The van der Waals surface area contributed by atoms with Crippen molar-refractivity contribution in [2.75, 3.05) is 7.11 Å². The molecule has 2 aliphatic carbocycles. The van der Waals surface area contributed by atoms with Crippen LogP contribution in [0.2, 0.25) is 0 Å². The first-order valence-electron chi connectivity index (χ1n) is 11.0. The second kappa shape index (κ2) is 10.6. The zero-order valence-electron chi connectivity index (χ0n) is 17.9.